The summed E-state index contributed by atoms with van der Waals surface area (Å²) in [4.78, 5) is 0.250. The Labute approximate surface area is 96.3 Å². The van der Waals surface area contributed by atoms with Crippen LogP contribution in [0.4, 0.5) is 5.69 Å². The summed E-state index contributed by atoms with van der Waals surface area (Å²) in [5.74, 6) is -0.0192. The van der Waals surface area contributed by atoms with Crippen LogP contribution in [0.3, 0.4) is 0 Å². The molecule has 0 aliphatic heterocycles. The van der Waals surface area contributed by atoms with E-state index in [1.54, 1.807) is 18.2 Å². The van der Waals surface area contributed by atoms with E-state index < -0.39 is 9.84 Å². The minimum Gasteiger partial charge on any atom is -0.399 e. The first kappa shape index (κ1) is 13.0. The Bertz CT molecular complexity index is 440. The zero-order valence-electron chi connectivity index (χ0n) is 9.51. The van der Waals surface area contributed by atoms with Gasteiger partial charge in [-0.3, -0.25) is 0 Å². The Morgan fingerprint density at radius 2 is 2.06 bits per heavy atom. The molecular formula is C11H17NO3S. The summed E-state index contributed by atoms with van der Waals surface area (Å²) >= 11 is 0. The first-order chi connectivity index (χ1) is 7.42. The quantitative estimate of drug-likeness (QED) is 0.795. The van der Waals surface area contributed by atoms with Crippen molar-refractivity contribution >= 4 is 15.5 Å². The molecule has 90 valence electrons. The highest BCUT2D eigenvalue weighted by Gasteiger charge is 2.14. The Hall–Kier alpha value is -1.07. The second-order valence-electron chi connectivity index (χ2n) is 3.81. The molecule has 0 heterocycles. The number of benzene rings is 1. The van der Waals surface area contributed by atoms with Crippen LogP contribution in [-0.2, 0) is 14.6 Å². The van der Waals surface area contributed by atoms with Crippen LogP contribution in [-0.4, -0.2) is 26.9 Å². The van der Waals surface area contributed by atoms with E-state index in [9.17, 15) is 8.42 Å². The summed E-state index contributed by atoms with van der Waals surface area (Å²) in [6.45, 7) is 3.94. The summed E-state index contributed by atoms with van der Waals surface area (Å²) in [6.07, 6.45) is 0.0380. The number of hydrogen-bond acceptors (Lipinski definition) is 4. The average Bonchev–Trinajstić information content (AvgIpc) is 2.16. The minimum absolute atomic E-state index is 0.0192. The fourth-order valence-electron chi connectivity index (χ4n) is 1.22. The second-order valence-corrected chi connectivity index (χ2v) is 5.92. The highest BCUT2D eigenvalue weighted by atomic mass is 32.2. The molecule has 16 heavy (non-hydrogen) atoms. The first-order valence-electron chi connectivity index (χ1n) is 5.12. The maximum atomic E-state index is 11.8. The monoisotopic (exact) mass is 243 g/mol. The van der Waals surface area contributed by atoms with Crippen molar-refractivity contribution in [3.05, 3.63) is 24.3 Å². The van der Waals surface area contributed by atoms with Crippen LogP contribution in [0.2, 0.25) is 0 Å². The third-order valence-corrected chi connectivity index (χ3v) is 3.70. The van der Waals surface area contributed by atoms with Gasteiger partial charge in [0.1, 0.15) is 0 Å². The van der Waals surface area contributed by atoms with E-state index in [0.717, 1.165) is 0 Å². The summed E-state index contributed by atoms with van der Waals surface area (Å²) in [7, 11) is -3.28. The summed E-state index contributed by atoms with van der Waals surface area (Å²) in [5, 5.41) is 0. The highest BCUT2D eigenvalue weighted by Crippen LogP contribution is 2.14. The van der Waals surface area contributed by atoms with Gasteiger partial charge in [0.2, 0.25) is 0 Å². The Morgan fingerprint density at radius 1 is 1.38 bits per heavy atom. The molecule has 0 bridgehead atoms. The predicted octanol–water partition coefficient (Wildman–Crippen LogP) is 1.47. The molecule has 0 amide bonds. The molecule has 0 spiro atoms. The molecule has 0 saturated carbocycles. The minimum atomic E-state index is -3.28. The Balaban J connectivity index is 2.71. The van der Waals surface area contributed by atoms with E-state index >= 15 is 0 Å². The summed E-state index contributed by atoms with van der Waals surface area (Å²) in [6, 6.07) is 6.29. The van der Waals surface area contributed by atoms with Crippen LogP contribution in [0.25, 0.3) is 0 Å². The maximum Gasteiger partial charge on any atom is 0.180 e. The van der Waals surface area contributed by atoms with Gasteiger partial charge in [-0.15, -0.1) is 0 Å². The number of nitrogen functional groups attached to an aromatic ring is 1. The molecule has 0 radical (unpaired) electrons. The first-order valence-corrected chi connectivity index (χ1v) is 6.77. The fraction of sp³-hybridized carbons (Fsp3) is 0.455. The fourth-order valence-corrected chi connectivity index (χ4v) is 2.37. The molecule has 0 atom stereocenters. The lowest BCUT2D eigenvalue weighted by Gasteiger charge is -2.08. The number of rotatable bonds is 5. The van der Waals surface area contributed by atoms with Crippen LogP contribution in [0.15, 0.2) is 29.2 Å². The van der Waals surface area contributed by atoms with Crippen LogP contribution >= 0.6 is 0 Å². The Kier molecular flexibility index (Phi) is 4.32. The van der Waals surface area contributed by atoms with Gasteiger partial charge < -0.3 is 10.5 Å². The average molecular weight is 243 g/mol. The number of ether oxygens (including phenoxy) is 1. The van der Waals surface area contributed by atoms with Gasteiger partial charge in [0.15, 0.2) is 9.84 Å². The van der Waals surface area contributed by atoms with Crippen molar-refractivity contribution in [3.8, 4) is 0 Å². The molecule has 0 unspecified atom stereocenters. The summed E-state index contributed by atoms with van der Waals surface area (Å²) in [5.41, 5.74) is 5.99. The van der Waals surface area contributed by atoms with E-state index in [1.165, 1.54) is 6.07 Å². The van der Waals surface area contributed by atoms with Crippen LogP contribution in [0.1, 0.15) is 13.8 Å². The molecule has 4 nitrogen and oxygen atoms in total. The summed E-state index contributed by atoms with van der Waals surface area (Å²) < 4.78 is 28.9. The van der Waals surface area contributed by atoms with Gasteiger partial charge in [0, 0.05) is 5.69 Å². The standard InChI is InChI=1S/C11H17NO3S/c1-9(2)15-6-7-16(13,14)11-5-3-4-10(12)8-11/h3-5,8-9H,6-7,12H2,1-2H3. The zero-order valence-corrected chi connectivity index (χ0v) is 10.3. The number of nitrogens with two attached hydrogens (primary N) is 1. The lowest BCUT2D eigenvalue weighted by atomic mass is 10.3. The van der Waals surface area contributed by atoms with Gasteiger partial charge in [0.05, 0.1) is 23.4 Å². The topological polar surface area (TPSA) is 69.4 Å². The molecular weight excluding hydrogens is 226 g/mol. The molecule has 0 aliphatic carbocycles. The van der Waals surface area contributed by atoms with Gasteiger partial charge in [-0.1, -0.05) is 6.07 Å². The van der Waals surface area contributed by atoms with Crippen molar-refractivity contribution in [1.82, 2.24) is 0 Å². The van der Waals surface area contributed by atoms with Gasteiger partial charge in [-0.2, -0.15) is 0 Å². The van der Waals surface area contributed by atoms with E-state index in [4.69, 9.17) is 10.5 Å². The third kappa shape index (κ3) is 3.83. The van der Waals surface area contributed by atoms with E-state index in [-0.39, 0.29) is 23.4 Å². The van der Waals surface area contributed by atoms with Gasteiger partial charge in [0.25, 0.3) is 0 Å². The van der Waals surface area contributed by atoms with E-state index in [1.807, 2.05) is 13.8 Å². The normalized spacial score (nSPS) is 11.9. The van der Waals surface area contributed by atoms with Crippen molar-refractivity contribution < 1.29 is 13.2 Å². The number of sulfone groups is 1. The Morgan fingerprint density at radius 3 is 2.62 bits per heavy atom. The zero-order chi connectivity index (χ0) is 12.2. The van der Waals surface area contributed by atoms with Crippen molar-refractivity contribution in [3.63, 3.8) is 0 Å². The van der Waals surface area contributed by atoms with Gasteiger partial charge in [-0.25, -0.2) is 8.42 Å². The second kappa shape index (κ2) is 5.32. The van der Waals surface area contributed by atoms with Crippen LogP contribution in [0.5, 0.6) is 0 Å². The van der Waals surface area contributed by atoms with Crippen LogP contribution < -0.4 is 5.73 Å². The molecule has 5 heteroatoms. The lowest BCUT2D eigenvalue weighted by Crippen LogP contribution is -2.15. The van der Waals surface area contributed by atoms with Crippen molar-refractivity contribution in [2.24, 2.45) is 0 Å². The van der Waals surface area contributed by atoms with E-state index in [2.05, 4.69) is 0 Å². The lowest BCUT2D eigenvalue weighted by molar-refractivity contribution is 0.0912. The molecule has 0 aliphatic rings. The molecule has 1 aromatic rings. The molecule has 0 saturated heterocycles. The van der Waals surface area contributed by atoms with Gasteiger partial charge >= 0.3 is 0 Å². The third-order valence-electron chi connectivity index (χ3n) is 2.02. The maximum absolute atomic E-state index is 11.8. The molecule has 0 fully saturated rings. The molecule has 1 aromatic carbocycles. The molecule has 0 aromatic heterocycles. The van der Waals surface area contributed by atoms with Crippen molar-refractivity contribution in [1.29, 1.82) is 0 Å². The predicted molar refractivity (Wildman–Crippen MR) is 64.0 cm³/mol. The highest BCUT2D eigenvalue weighted by molar-refractivity contribution is 7.91. The van der Waals surface area contributed by atoms with E-state index in [0.29, 0.717) is 5.69 Å². The molecule has 2 N–H and O–H groups in total. The van der Waals surface area contributed by atoms with Gasteiger partial charge in [-0.05, 0) is 32.0 Å². The number of hydrogen-bond donors (Lipinski definition) is 1. The molecule has 1 rings (SSSR count). The number of anilines is 1. The SMILES string of the molecule is CC(C)OCCS(=O)(=O)c1cccc(N)c1. The van der Waals surface area contributed by atoms with Crippen molar-refractivity contribution in [2.75, 3.05) is 18.1 Å². The van der Waals surface area contributed by atoms with Crippen molar-refractivity contribution in [2.45, 2.75) is 24.8 Å². The largest absolute Gasteiger partial charge is 0.399 e. The smallest absolute Gasteiger partial charge is 0.180 e. The van der Waals surface area contributed by atoms with Crippen LogP contribution in [0, 0.1) is 0 Å².